The van der Waals surface area contributed by atoms with E-state index in [4.69, 9.17) is 5.73 Å². The van der Waals surface area contributed by atoms with Gasteiger partial charge in [0.25, 0.3) is 0 Å². The summed E-state index contributed by atoms with van der Waals surface area (Å²) in [5, 5.41) is 10.1. The van der Waals surface area contributed by atoms with Crippen molar-refractivity contribution in [3.05, 3.63) is 35.4 Å². The highest BCUT2D eigenvalue weighted by atomic mass is 16.3. The summed E-state index contributed by atoms with van der Waals surface area (Å²) in [6.45, 7) is 8.01. The average Bonchev–Trinajstić information content (AvgIpc) is 2.14. The van der Waals surface area contributed by atoms with Gasteiger partial charge in [-0.3, -0.25) is 0 Å². The van der Waals surface area contributed by atoms with Crippen molar-refractivity contribution in [2.24, 2.45) is 11.1 Å². The average molecular weight is 207 g/mol. The molecule has 0 bridgehead atoms. The van der Waals surface area contributed by atoms with Crippen LogP contribution in [0.4, 0.5) is 0 Å². The van der Waals surface area contributed by atoms with Gasteiger partial charge in [-0.05, 0) is 17.9 Å². The van der Waals surface area contributed by atoms with Crippen LogP contribution in [0.3, 0.4) is 0 Å². The summed E-state index contributed by atoms with van der Waals surface area (Å²) < 4.78 is 0. The lowest BCUT2D eigenvalue weighted by atomic mass is 9.82. The van der Waals surface area contributed by atoms with E-state index in [1.807, 2.05) is 52.0 Å². The van der Waals surface area contributed by atoms with Crippen LogP contribution in [0.5, 0.6) is 0 Å². The summed E-state index contributed by atoms with van der Waals surface area (Å²) in [4.78, 5) is 0. The van der Waals surface area contributed by atoms with Gasteiger partial charge in [0, 0.05) is 0 Å². The van der Waals surface area contributed by atoms with Crippen molar-refractivity contribution in [1.29, 1.82) is 0 Å². The van der Waals surface area contributed by atoms with E-state index in [1.165, 1.54) is 5.56 Å². The van der Waals surface area contributed by atoms with Crippen LogP contribution in [0.25, 0.3) is 0 Å². The summed E-state index contributed by atoms with van der Waals surface area (Å²) in [7, 11) is 0. The second kappa shape index (κ2) is 4.33. The highest BCUT2D eigenvalue weighted by Crippen LogP contribution is 2.28. The van der Waals surface area contributed by atoms with Crippen molar-refractivity contribution in [2.75, 3.05) is 0 Å². The van der Waals surface area contributed by atoms with Crippen molar-refractivity contribution in [2.45, 2.75) is 39.8 Å². The second-order valence-corrected chi connectivity index (χ2v) is 5.25. The number of hydrogen-bond donors (Lipinski definition) is 2. The van der Waals surface area contributed by atoms with Crippen molar-refractivity contribution in [3.8, 4) is 0 Å². The Morgan fingerprint density at radius 2 is 1.87 bits per heavy atom. The number of hydrogen-bond acceptors (Lipinski definition) is 2. The SMILES string of the molecule is Cc1cccc([C@@H](N)[C@@H](O)C(C)(C)C)c1. The van der Waals surface area contributed by atoms with E-state index in [0.717, 1.165) is 5.56 Å². The van der Waals surface area contributed by atoms with E-state index < -0.39 is 6.10 Å². The minimum Gasteiger partial charge on any atom is -0.391 e. The molecule has 0 amide bonds. The Labute approximate surface area is 92.1 Å². The Morgan fingerprint density at radius 3 is 2.33 bits per heavy atom. The first-order valence-electron chi connectivity index (χ1n) is 5.32. The molecule has 0 fully saturated rings. The Kier molecular flexibility index (Phi) is 3.53. The van der Waals surface area contributed by atoms with Crippen LogP contribution >= 0.6 is 0 Å². The normalized spacial score (nSPS) is 16.1. The zero-order valence-electron chi connectivity index (χ0n) is 9.99. The third-order valence-electron chi connectivity index (χ3n) is 2.65. The first-order chi connectivity index (χ1) is 6.82. The third kappa shape index (κ3) is 3.05. The molecule has 2 atom stereocenters. The molecule has 0 aliphatic rings. The molecule has 2 heteroatoms. The van der Waals surface area contributed by atoms with Gasteiger partial charge in [-0.2, -0.15) is 0 Å². The zero-order chi connectivity index (χ0) is 11.6. The van der Waals surface area contributed by atoms with Crippen LogP contribution in [0.1, 0.15) is 37.9 Å². The molecular weight excluding hydrogens is 186 g/mol. The van der Waals surface area contributed by atoms with Gasteiger partial charge >= 0.3 is 0 Å². The lowest BCUT2D eigenvalue weighted by molar-refractivity contribution is 0.0401. The lowest BCUT2D eigenvalue weighted by Gasteiger charge is -2.31. The number of rotatable bonds is 2. The molecule has 1 aromatic rings. The Hall–Kier alpha value is -0.860. The maximum absolute atomic E-state index is 10.1. The van der Waals surface area contributed by atoms with Gasteiger partial charge in [-0.1, -0.05) is 50.6 Å². The molecule has 2 nitrogen and oxygen atoms in total. The Balaban J connectivity index is 2.90. The fraction of sp³-hybridized carbons (Fsp3) is 0.538. The molecule has 0 saturated heterocycles. The molecular formula is C13H21NO. The smallest absolute Gasteiger partial charge is 0.0780 e. The maximum Gasteiger partial charge on any atom is 0.0780 e. The summed E-state index contributed by atoms with van der Waals surface area (Å²) in [6.07, 6.45) is -0.528. The molecule has 0 saturated carbocycles. The van der Waals surface area contributed by atoms with E-state index in [2.05, 4.69) is 0 Å². The Bertz CT molecular complexity index is 328. The fourth-order valence-corrected chi connectivity index (χ4v) is 1.60. The van der Waals surface area contributed by atoms with Gasteiger partial charge in [0.15, 0.2) is 0 Å². The van der Waals surface area contributed by atoms with Crippen molar-refractivity contribution >= 4 is 0 Å². The largest absolute Gasteiger partial charge is 0.391 e. The van der Waals surface area contributed by atoms with E-state index in [-0.39, 0.29) is 11.5 Å². The van der Waals surface area contributed by atoms with Gasteiger partial charge in [0.1, 0.15) is 0 Å². The monoisotopic (exact) mass is 207 g/mol. The molecule has 0 aliphatic heterocycles. The Morgan fingerprint density at radius 1 is 1.27 bits per heavy atom. The summed E-state index contributed by atoms with van der Waals surface area (Å²) >= 11 is 0. The van der Waals surface area contributed by atoms with Gasteiger partial charge < -0.3 is 10.8 Å². The van der Waals surface area contributed by atoms with Crippen LogP contribution in [0, 0.1) is 12.3 Å². The highest BCUT2D eigenvalue weighted by molar-refractivity contribution is 5.25. The minimum atomic E-state index is -0.528. The van der Waals surface area contributed by atoms with Crippen LogP contribution in [0.15, 0.2) is 24.3 Å². The number of aliphatic hydroxyl groups excluding tert-OH is 1. The van der Waals surface area contributed by atoms with E-state index >= 15 is 0 Å². The molecule has 3 N–H and O–H groups in total. The van der Waals surface area contributed by atoms with Crippen LogP contribution in [-0.2, 0) is 0 Å². The van der Waals surface area contributed by atoms with Gasteiger partial charge in [-0.25, -0.2) is 0 Å². The van der Waals surface area contributed by atoms with Gasteiger partial charge in [0.2, 0.25) is 0 Å². The summed E-state index contributed by atoms with van der Waals surface area (Å²) in [5.41, 5.74) is 8.02. The highest BCUT2D eigenvalue weighted by Gasteiger charge is 2.28. The van der Waals surface area contributed by atoms with Crippen molar-refractivity contribution < 1.29 is 5.11 Å². The maximum atomic E-state index is 10.1. The first kappa shape index (κ1) is 12.2. The fourth-order valence-electron chi connectivity index (χ4n) is 1.60. The molecule has 0 unspecified atom stereocenters. The van der Waals surface area contributed by atoms with Crippen LogP contribution in [0.2, 0.25) is 0 Å². The molecule has 1 rings (SSSR count). The number of aliphatic hydroxyl groups is 1. The first-order valence-corrected chi connectivity index (χ1v) is 5.32. The van der Waals surface area contributed by atoms with Gasteiger partial charge in [0.05, 0.1) is 12.1 Å². The van der Waals surface area contributed by atoms with Gasteiger partial charge in [-0.15, -0.1) is 0 Å². The second-order valence-electron chi connectivity index (χ2n) is 5.25. The third-order valence-corrected chi connectivity index (χ3v) is 2.65. The van der Waals surface area contributed by atoms with Crippen molar-refractivity contribution in [1.82, 2.24) is 0 Å². The predicted octanol–water partition coefficient (Wildman–Crippen LogP) is 2.40. The van der Waals surface area contributed by atoms with Crippen LogP contribution in [-0.4, -0.2) is 11.2 Å². The molecule has 15 heavy (non-hydrogen) atoms. The molecule has 0 spiro atoms. The molecule has 0 radical (unpaired) electrons. The zero-order valence-corrected chi connectivity index (χ0v) is 9.99. The topological polar surface area (TPSA) is 46.2 Å². The van der Waals surface area contributed by atoms with Crippen molar-refractivity contribution in [3.63, 3.8) is 0 Å². The molecule has 0 aromatic heterocycles. The lowest BCUT2D eigenvalue weighted by Crippen LogP contribution is -2.36. The summed E-state index contributed by atoms with van der Waals surface area (Å²) in [6, 6.07) is 7.68. The minimum absolute atomic E-state index is 0.191. The molecule has 1 aromatic carbocycles. The molecule has 84 valence electrons. The summed E-state index contributed by atoms with van der Waals surface area (Å²) in [5.74, 6) is 0. The van der Waals surface area contributed by atoms with E-state index in [1.54, 1.807) is 0 Å². The molecule has 0 aliphatic carbocycles. The van der Waals surface area contributed by atoms with E-state index in [9.17, 15) is 5.11 Å². The number of benzene rings is 1. The van der Waals surface area contributed by atoms with E-state index in [0.29, 0.717) is 0 Å². The molecule has 0 heterocycles. The predicted molar refractivity (Wildman–Crippen MR) is 63.6 cm³/mol. The number of aryl methyl sites for hydroxylation is 1. The van der Waals surface area contributed by atoms with Crippen LogP contribution < -0.4 is 5.73 Å². The standard InChI is InChI=1S/C13H21NO/c1-9-6-5-7-10(8-9)11(14)12(15)13(2,3)4/h5-8,11-12,15H,14H2,1-4H3/t11-,12-/m1/s1. The number of nitrogens with two attached hydrogens (primary N) is 1. The quantitative estimate of drug-likeness (QED) is 0.782.